The van der Waals surface area contributed by atoms with Gasteiger partial charge in [0.25, 0.3) is 0 Å². The summed E-state index contributed by atoms with van der Waals surface area (Å²) in [6, 6.07) is 0. The van der Waals surface area contributed by atoms with Crippen LogP contribution in [0.3, 0.4) is 0 Å². The summed E-state index contributed by atoms with van der Waals surface area (Å²) < 4.78 is 68.5. The number of aliphatic hydroxyl groups excluding tert-OH is 1. The van der Waals surface area contributed by atoms with Crippen molar-refractivity contribution in [1.82, 2.24) is 0 Å². The lowest BCUT2D eigenvalue weighted by Crippen LogP contribution is -2.30. The fourth-order valence-corrected chi connectivity index (χ4v) is 12.6. The van der Waals surface area contributed by atoms with E-state index in [9.17, 15) is 43.2 Å². The Morgan fingerprint density at radius 1 is 0.347 bits per heavy atom. The Morgan fingerprint density at radius 2 is 0.621 bits per heavy atom. The van der Waals surface area contributed by atoms with Gasteiger partial charge in [-0.1, -0.05) is 310 Å². The SMILES string of the molecule is CCCCCC/C=C\C=C/CCCCCCCC(=O)O[C@H](COC(=O)CCCCCCCCCCCCC(C)C)COP(=O)(O)OC[C@@H](O)COP(=O)(O)OC[C@@H](COC(=O)CCCCCCCCC(C)CC)OC(=O)CCCCCCCCCCCCCCCCC(C)C. The van der Waals surface area contributed by atoms with Crippen molar-refractivity contribution in [3.05, 3.63) is 24.3 Å². The topological polar surface area (TPSA) is 237 Å². The summed E-state index contributed by atoms with van der Waals surface area (Å²) in [7, 11) is -9.93. The summed E-state index contributed by atoms with van der Waals surface area (Å²) >= 11 is 0. The lowest BCUT2D eigenvalue weighted by molar-refractivity contribution is -0.161. The standard InChI is InChI=1S/C76H144O17P2/c1-8-10-11-12-13-14-15-16-17-21-24-31-36-45-52-59-75(80)92-71(63-86-73(78)57-50-43-35-30-27-26-29-34-41-48-55-68(5)6)65-90-94(82,83)88-61-70(77)62-89-95(84,85)91-66-72(64-87-74(79)58-51-44-39-38-42-49-56-69(7)9-2)93-76(81)60-53-46-37-32-25-22-19-18-20-23-28-33-40-47-54-67(3)4/h14-17,67-72,77H,8-13,18-66H2,1-7H3,(H,82,83)(H,84,85)/b15-14-,17-16-/t69?,70-,71-,72-/m1/s1. The van der Waals surface area contributed by atoms with Gasteiger partial charge in [-0.2, -0.15) is 0 Å². The van der Waals surface area contributed by atoms with Crippen LogP contribution >= 0.6 is 15.6 Å². The number of carbonyl (C=O) groups is 4. The van der Waals surface area contributed by atoms with Crippen molar-refractivity contribution in [3.8, 4) is 0 Å². The molecule has 560 valence electrons. The van der Waals surface area contributed by atoms with Crippen molar-refractivity contribution in [1.29, 1.82) is 0 Å². The number of phosphoric ester groups is 2. The van der Waals surface area contributed by atoms with Gasteiger partial charge < -0.3 is 33.8 Å². The van der Waals surface area contributed by atoms with Crippen LogP contribution in [0.4, 0.5) is 0 Å². The van der Waals surface area contributed by atoms with Crippen LogP contribution < -0.4 is 0 Å². The van der Waals surface area contributed by atoms with E-state index in [1.807, 2.05) is 0 Å². The van der Waals surface area contributed by atoms with Gasteiger partial charge in [0.2, 0.25) is 0 Å². The molecule has 0 aromatic heterocycles. The molecule has 0 saturated heterocycles. The number of ether oxygens (including phenoxy) is 4. The smallest absolute Gasteiger partial charge is 0.462 e. The molecular weight excluding hydrogens is 1250 g/mol. The number of aliphatic hydroxyl groups is 1. The molecule has 95 heavy (non-hydrogen) atoms. The molecule has 0 fully saturated rings. The number of phosphoric acid groups is 2. The van der Waals surface area contributed by atoms with Crippen LogP contribution in [0, 0.1) is 17.8 Å². The van der Waals surface area contributed by atoms with E-state index in [1.165, 1.54) is 154 Å². The average Bonchev–Trinajstić information content (AvgIpc) is 1.91. The zero-order chi connectivity index (χ0) is 70.1. The van der Waals surface area contributed by atoms with Gasteiger partial charge in [0.05, 0.1) is 26.4 Å². The van der Waals surface area contributed by atoms with Gasteiger partial charge in [-0.15, -0.1) is 0 Å². The number of carbonyl (C=O) groups excluding carboxylic acids is 4. The molecule has 0 aliphatic heterocycles. The Labute approximate surface area is 580 Å². The minimum Gasteiger partial charge on any atom is -0.462 e. The van der Waals surface area contributed by atoms with E-state index in [0.717, 1.165) is 127 Å². The molecule has 0 aliphatic carbocycles. The van der Waals surface area contributed by atoms with Crippen LogP contribution in [0.1, 0.15) is 363 Å². The quantitative estimate of drug-likeness (QED) is 0.0169. The van der Waals surface area contributed by atoms with Crippen molar-refractivity contribution >= 4 is 39.5 Å². The summed E-state index contributed by atoms with van der Waals surface area (Å²) in [4.78, 5) is 72.8. The monoisotopic (exact) mass is 1390 g/mol. The molecule has 3 unspecified atom stereocenters. The van der Waals surface area contributed by atoms with Crippen molar-refractivity contribution in [3.63, 3.8) is 0 Å². The van der Waals surface area contributed by atoms with E-state index >= 15 is 0 Å². The Balaban J connectivity index is 5.28. The number of esters is 4. The molecule has 0 bridgehead atoms. The molecule has 0 radical (unpaired) electrons. The molecule has 0 amide bonds. The number of hydrogen-bond acceptors (Lipinski definition) is 15. The summed E-state index contributed by atoms with van der Waals surface area (Å²) in [6.07, 6.45) is 54.9. The minimum atomic E-state index is -4.97. The third-order valence-electron chi connectivity index (χ3n) is 17.4. The third-order valence-corrected chi connectivity index (χ3v) is 19.3. The van der Waals surface area contributed by atoms with Crippen LogP contribution in [0.2, 0.25) is 0 Å². The van der Waals surface area contributed by atoms with Gasteiger partial charge in [-0.25, -0.2) is 9.13 Å². The summed E-state index contributed by atoms with van der Waals surface area (Å²) in [6.45, 7) is 11.8. The second kappa shape index (κ2) is 66.1. The Kier molecular flexibility index (Phi) is 64.4. The van der Waals surface area contributed by atoms with Gasteiger partial charge >= 0.3 is 39.5 Å². The highest BCUT2D eigenvalue weighted by Gasteiger charge is 2.30. The summed E-state index contributed by atoms with van der Waals surface area (Å²) in [5.74, 6) is 0.129. The van der Waals surface area contributed by atoms with Crippen LogP contribution in [0.5, 0.6) is 0 Å². The largest absolute Gasteiger partial charge is 0.472 e. The second-order valence-electron chi connectivity index (χ2n) is 27.9. The second-order valence-corrected chi connectivity index (χ2v) is 30.8. The van der Waals surface area contributed by atoms with Crippen LogP contribution in [-0.2, 0) is 65.4 Å². The van der Waals surface area contributed by atoms with Gasteiger partial charge in [-0.05, 0) is 69.1 Å². The Hall–Kier alpha value is -2.46. The van der Waals surface area contributed by atoms with E-state index in [1.54, 1.807) is 0 Å². The van der Waals surface area contributed by atoms with Gasteiger partial charge in [0.1, 0.15) is 19.3 Å². The Morgan fingerprint density at radius 3 is 0.937 bits per heavy atom. The highest BCUT2D eigenvalue weighted by atomic mass is 31.2. The van der Waals surface area contributed by atoms with Crippen LogP contribution in [0.15, 0.2) is 24.3 Å². The molecular formula is C76H144O17P2. The molecule has 3 N–H and O–H groups in total. The van der Waals surface area contributed by atoms with E-state index in [-0.39, 0.29) is 25.7 Å². The van der Waals surface area contributed by atoms with Crippen molar-refractivity contribution in [2.45, 2.75) is 381 Å². The number of allylic oxidation sites excluding steroid dienone is 4. The van der Waals surface area contributed by atoms with Crippen molar-refractivity contribution in [2.24, 2.45) is 17.8 Å². The number of unbranched alkanes of at least 4 members (excludes halogenated alkanes) is 36. The lowest BCUT2D eigenvalue weighted by atomic mass is 10.00. The maximum absolute atomic E-state index is 13.1. The fourth-order valence-electron chi connectivity index (χ4n) is 11.0. The van der Waals surface area contributed by atoms with Crippen molar-refractivity contribution in [2.75, 3.05) is 39.6 Å². The molecule has 0 heterocycles. The van der Waals surface area contributed by atoms with E-state index < -0.39 is 97.5 Å². The maximum atomic E-state index is 13.1. The third kappa shape index (κ3) is 68.5. The normalized spacial score (nSPS) is 14.5. The first-order chi connectivity index (χ1) is 45.8. The molecule has 6 atom stereocenters. The zero-order valence-electron chi connectivity index (χ0n) is 61.6. The zero-order valence-corrected chi connectivity index (χ0v) is 63.4. The summed E-state index contributed by atoms with van der Waals surface area (Å²) in [5, 5.41) is 10.6. The first-order valence-electron chi connectivity index (χ1n) is 38.7. The number of hydrogen-bond donors (Lipinski definition) is 3. The van der Waals surface area contributed by atoms with Crippen LogP contribution in [-0.4, -0.2) is 96.7 Å². The van der Waals surface area contributed by atoms with E-state index in [4.69, 9.17) is 37.0 Å². The predicted molar refractivity (Wildman–Crippen MR) is 386 cm³/mol. The van der Waals surface area contributed by atoms with Gasteiger partial charge in [0.15, 0.2) is 12.2 Å². The molecule has 0 rings (SSSR count). The molecule has 0 saturated carbocycles. The average molecular weight is 1390 g/mol. The first kappa shape index (κ1) is 92.5. The number of rotatable bonds is 72. The van der Waals surface area contributed by atoms with Crippen LogP contribution in [0.25, 0.3) is 0 Å². The molecule has 0 aromatic rings. The Bertz CT molecular complexity index is 1950. The molecule has 0 aliphatic rings. The highest BCUT2D eigenvalue weighted by molar-refractivity contribution is 7.47. The van der Waals surface area contributed by atoms with Gasteiger partial charge in [0, 0.05) is 25.7 Å². The molecule has 19 heteroatoms. The van der Waals surface area contributed by atoms with E-state index in [0.29, 0.717) is 25.7 Å². The minimum absolute atomic E-state index is 0.0844. The molecule has 0 spiro atoms. The van der Waals surface area contributed by atoms with Gasteiger partial charge in [-0.3, -0.25) is 37.3 Å². The summed E-state index contributed by atoms with van der Waals surface area (Å²) in [5.41, 5.74) is 0. The van der Waals surface area contributed by atoms with E-state index in [2.05, 4.69) is 72.8 Å². The predicted octanol–water partition coefficient (Wildman–Crippen LogP) is 21.7. The molecule has 17 nitrogen and oxygen atoms in total. The fraction of sp³-hybridized carbons (Fsp3) is 0.895. The van der Waals surface area contributed by atoms with Crippen molar-refractivity contribution < 1.29 is 80.2 Å². The molecule has 0 aromatic carbocycles. The lowest BCUT2D eigenvalue weighted by Gasteiger charge is -2.21. The highest BCUT2D eigenvalue weighted by Crippen LogP contribution is 2.45. The maximum Gasteiger partial charge on any atom is 0.472 e. The first-order valence-corrected chi connectivity index (χ1v) is 41.7.